The summed E-state index contributed by atoms with van der Waals surface area (Å²) >= 11 is 5.67. The highest BCUT2D eigenvalue weighted by atomic mass is 35.5. The molecule has 0 radical (unpaired) electrons. The first kappa shape index (κ1) is 15.5. The van der Waals surface area contributed by atoms with Crippen molar-refractivity contribution in [2.45, 2.75) is 12.3 Å². The molecule has 0 N–H and O–H groups in total. The lowest BCUT2D eigenvalue weighted by Crippen LogP contribution is -2.12. The van der Waals surface area contributed by atoms with Gasteiger partial charge in [0, 0.05) is 19.8 Å². The molecular weight excluding hydrogens is 289 g/mol. The van der Waals surface area contributed by atoms with E-state index in [0.29, 0.717) is 12.0 Å². The fourth-order valence-electron chi connectivity index (χ4n) is 2.24. The van der Waals surface area contributed by atoms with Gasteiger partial charge in [-0.05, 0) is 47.3 Å². The minimum Gasteiger partial charge on any atom is -0.378 e. The molecule has 1 unspecified atom stereocenters. The van der Waals surface area contributed by atoms with Gasteiger partial charge in [0.2, 0.25) is 5.24 Å². The van der Waals surface area contributed by atoms with Gasteiger partial charge in [-0.1, -0.05) is 30.3 Å². The minimum absolute atomic E-state index is 0.342. The van der Waals surface area contributed by atoms with E-state index in [1.165, 1.54) is 6.07 Å². The number of carbonyl (C=O) groups excluding carboxylic acids is 1. The molecule has 1 atom stereocenters. The molecule has 0 bridgehead atoms. The third-order valence-corrected chi connectivity index (χ3v) is 3.71. The Bertz CT molecular complexity index is 625. The molecule has 0 amide bonds. The van der Waals surface area contributed by atoms with Crippen molar-refractivity contribution in [1.82, 2.24) is 0 Å². The van der Waals surface area contributed by atoms with Crippen LogP contribution >= 0.6 is 11.6 Å². The summed E-state index contributed by atoms with van der Waals surface area (Å²) in [4.78, 5) is 13.7. The highest BCUT2D eigenvalue weighted by molar-refractivity contribution is 6.64. The van der Waals surface area contributed by atoms with Gasteiger partial charge in [-0.25, -0.2) is 4.39 Å². The number of carbonyl (C=O) groups is 1. The van der Waals surface area contributed by atoms with Gasteiger partial charge in [-0.15, -0.1) is 0 Å². The minimum atomic E-state index is -0.668. The molecule has 0 aliphatic heterocycles. The van der Waals surface area contributed by atoms with Gasteiger partial charge < -0.3 is 4.90 Å². The van der Waals surface area contributed by atoms with Gasteiger partial charge >= 0.3 is 0 Å². The highest BCUT2D eigenvalue weighted by Gasteiger charge is 2.22. The van der Waals surface area contributed by atoms with Crippen LogP contribution in [0.25, 0.3) is 0 Å². The zero-order valence-electron chi connectivity index (χ0n) is 12.0. The average molecular weight is 306 g/mol. The van der Waals surface area contributed by atoms with E-state index in [4.69, 9.17) is 11.6 Å². The number of halogens is 2. The summed E-state index contributed by atoms with van der Waals surface area (Å²) < 4.78 is 13.9. The molecule has 21 heavy (non-hydrogen) atoms. The van der Waals surface area contributed by atoms with Crippen LogP contribution in [0.15, 0.2) is 48.5 Å². The van der Waals surface area contributed by atoms with Crippen LogP contribution in [-0.2, 0) is 11.2 Å². The van der Waals surface area contributed by atoms with E-state index in [9.17, 15) is 9.18 Å². The maximum Gasteiger partial charge on any atom is 0.229 e. The van der Waals surface area contributed by atoms with Crippen LogP contribution < -0.4 is 4.90 Å². The largest absolute Gasteiger partial charge is 0.378 e. The topological polar surface area (TPSA) is 20.3 Å². The van der Waals surface area contributed by atoms with Gasteiger partial charge in [0.15, 0.2) is 0 Å². The standard InChI is InChI=1S/C17H17ClFNO/c1-20(2)13-9-7-12(8-10-13)11-15(17(18)21)14-5-3-4-6-16(14)19/h3-10,15H,11H2,1-2H3. The predicted molar refractivity (Wildman–Crippen MR) is 84.5 cm³/mol. The highest BCUT2D eigenvalue weighted by Crippen LogP contribution is 2.26. The molecule has 0 saturated heterocycles. The van der Waals surface area contributed by atoms with Gasteiger partial charge in [0.05, 0.1) is 5.92 Å². The van der Waals surface area contributed by atoms with Crippen molar-refractivity contribution < 1.29 is 9.18 Å². The lowest BCUT2D eigenvalue weighted by molar-refractivity contribution is -0.113. The number of anilines is 1. The van der Waals surface area contributed by atoms with Gasteiger partial charge in [-0.3, -0.25) is 4.79 Å². The van der Waals surface area contributed by atoms with Crippen LogP contribution in [0.1, 0.15) is 17.0 Å². The molecular formula is C17H17ClFNO. The first-order valence-corrected chi connectivity index (χ1v) is 7.07. The van der Waals surface area contributed by atoms with Crippen molar-refractivity contribution in [2.75, 3.05) is 19.0 Å². The summed E-state index contributed by atoms with van der Waals surface area (Å²) in [5, 5.41) is -0.545. The number of rotatable bonds is 5. The quantitative estimate of drug-likeness (QED) is 0.779. The molecule has 0 heterocycles. The monoisotopic (exact) mass is 305 g/mol. The molecule has 0 aliphatic carbocycles. The molecule has 2 aromatic carbocycles. The Kier molecular flexibility index (Phi) is 4.97. The fraction of sp³-hybridized carbons (Fsp3) is 0.235. The van der Waals surface area contributed by atoms with E-state index < -0.39 is 17.0 Å². The molecule has 0 aliphatic rings. The van der Waals surface area contributed by atoms with Crippen LogP contribution in [-0.4, -0.2) is 19.3 Å². The number of nitrogens with zero attached hydrogens (tertiary/aromatic N) is 1. The Morgan fingerprint density at radius 3 is 2.29 bits per heavy atom. The van der Waals surface area contributed by atoms with Crippen LogP contribution in [0.5, 0.6) is 0 Å². The number of hydrogen-bond acceptors (Lipinski definition) is 2. The maximum absolute atomic E-state index is 13.9. The Labute approximate surface area is 129 Å². The van der Waals surface area contributed by atoms with Crippen LogP contribution in [0.3, 0.4) is 0 Å². The molecule has 2 rings (SSSR count). The SMILES string of the molecule is CN(C)c1ccc(CC(C(=O)Cl)c2ccccc2F)cc1. The normalized spacial score (nSPS) is 12.0. The zero-order valence-corrected chi connectivity index (χ0v) is 12.8. The first-order valence-electron chi connectivity index (χ1n) is 6.69. The smallest absolute Gasteiger partial charge is 0.229 e. The van der Waals surface area contributed by atoms with Crippen LogP contribution in [0.4, 0.5) is 10.1 Å². The van der Waals surface area contributed by atoms with Gasteiger partial charge in [0.1, 0.15) is 5.82 Å². The predicted octanol–water partition coefficient (Wildman–Crippen LogP) is 3.98. The van der Waals surface area contributed by atoms with Crippen LogP contribution in [0, 0.1) is 5.82 Å². The summed E-state index contributed by atoms with van der Waals surface area (Å²) in [7, 11) is 3.92. The molecule has 0 spiro atoms. The molecule has 0 saturated carbocycles. The molecule has 4 heteroatoms. The maximum atomic E-state index is 13.9. The summed E-state index contributed by atoms with van der Waals surface area (Å²) in [5.41, 5.74) is 2.36. The Balaban J connectivity index is 2.25. The second kappa shape index (κ2) is 6.72. The summed E-state index contributed by atoms with van der Waals surface area (Å²) in [5.74, 6) is -1.07. The van der Waals surface area contributed by atoms with E-state index in [1.807, 2.05) is 43.3 Å². The fourth-order valence-corrected chi connectivity index (χ4v) is 2.43. The lowest BCUT2D eigenvalue weighted by Gasteiger charge is -2.16. The first-order chi connectivity index (χ1) is 9.99. The number of benzene rings is 2. The van der Waals surface area contributed by atoms with Gasteiger partial charge in [-0.2, -0.15) is 0 Å². The molecule has 0 fully saturated rings. The van der Waals surface area contributed by atoms with Crippen molar-refractivity contribution in [2.24, 2.45) is 0 Å². The van der Waals surface area contributed by atoms with Crippen LogP contribution in [0.2, 0.25) is 0 Å². The molecule has 0 aromatic heterocycles. The molecule has 2 nitrogen and oxygen atoms in total. The second-order valence-corrected chi connectivity index (χ2v) is 5.52. The van der Waals surface area contributed by atoms with E-state index >= 15 is 0 Å². The van der Waals surface area contributed by atoms with Crippen molar-refractivity contribution in [3.63, 3.8) is 0 Å². The van der Waals surface area contributed by atoms with E-state index in [0.717, 1.165) is 11.3 Å². The zero-order chi connectivity index (χ0) is 15.4. The van der Waals surface area contributed by atoms with E-state index in [1.54, 1.807) is 18.2 Å². The number of hydrogen-bond donors (Lipinski definition) is 0. The van der Waals surface area contributed by atoms with Crippen molar-refractivity contribution in [1.29, 1.82) is 0 Å². The van der Waals surface area contributed by atoms with Gasteiger partial charge in [0.25, 0.3) is 0 Å². The average Bonchev–Trinajstić information content (AvgIpc) is 2.46. The summed E-state index contributed by atoms with van der Waals surface area (Å²) in [6.07, 6.45) is 0.386. The van der Waals surface area contributed by atoms with E-state index in [-0.39, 0.29) is 0 Å². The molecule has 2 aromatic rings. The van der Waals surface area contributed by atoms with E-state index in [2.05, 4.69) is 0 Å². The van der Waals surface area contributed by atoms with Crippen molar-refractivity contribution in [3.8, 4) is 0 Å². The summed E-state index contributed by atoms with van der Waals surface area (Å²) in [6, 6.07) is 14.1. The Morgan fingerprint density at radius 2 is 1.76 bits per heavy atom. The Morgan fingerprint density at radius 1 is 1.14 bits per heavy atom. The van der Waals surface area contributed by atoms with Crippen molar-refractivity contribution >= 4 is 22.5 Å². The second-order valence-electron chi connectivity index (χ2n) is 5.14. The van der Waals surface area contributed by atoms with Crippen molar-refractivity contribution in [3.05, 3.63) is 65.5 Å². The lowest BCUT2D eigenvalue weighted by atomic mass is 9.92. The third-order valence-electron chi connectivity index (χ3n) is 3.45. The summed E-state index contributed by atoms with van der Waals surface area (Å²) in [6.45, 7) is 0. The molecule has 110 valence electrons. The third kappa shape index (κ3) is 3.82. The Hall–Kier alpha value is -1.87.